The standard InChI is InChI=1S/C44H26N2O2/c1-3-19-40-32(11-1)34-15-7-17-36(43(34)47-40)38-23-21-28(25-45-38)30-13-5-9-27-10-6-14-31(42(27)30)29-22-24-39(46-26-29)37-18-8-16-35-33-12-2-4-20-41(33)48-44(35)37/h1-26H. The van der Waals surface area contributed by atoms with Gasteiger partial charge in [0.05, 0.1) is 11.4 Å². The summed E-state index contributed by atoms with van der Waals surface area (Å²) in [6.45, 7) is 0. The Bertz CT molecular complexity index is 2630. The molecule has 0 spiro atoms. The molecule has 4 aromatic heterocycles. The summed E-state index contributed by atoms with van der Waals surface area (Å²) >= 11 is 0. The van der Waals surface area contributed by atoms with Crippen LogP contribution in [0, 0.1) is 0 Å². The number of fused-ring (bicyclic) bond motifs is 7. The number of pyridine rings is 2. The summed E-state index contributed by atoms with van der Waals surface area (Å²) in [5, 5.41) is 6.76. The highest BCUT2D eigenvalue weighted by Gasteiger charge is 2.16. The molecule has 10 aromatic rings. The van der Waals surface area contributed by atoms with Gasteiger partial charge in [0.1, 0.15) is 22.3 Å². The van der Waals surface area contributed by atoms with E-state index in [1.165, 1.54) is 5.39 Å². The van der Waals surface area contributed by atoms with Crippen molar-refractivity contribution >= 4 is 54.6 Å². The van der Waals surface area contributed by atoms with Gasteiger partial charge in [0.2, 0.25) is 0 Å². The molecule has 6 aromatic carbocycles. The first-order valence-electron chi connectivity index (χ1n) is 16.1. The van der Waals surface area contributed by atoms with E-state index in [-0.39, 0.29) is 0 Å². The molecule has 0 saturated carbocycles. The van der Waals surface area contributed by atoms with E-state index in [1.54, 1.807) is 0 Å². The molecule has 0 aliphatic carbocycles. The number of nitrogens with zero attached hydrogens (tertiary/aromatic N) is 2. The molecule has 0 aliphatic rings. The Labute approximate surface area is 275 Å². The van der Waals surface area contributed by atoms with Crippen LogP contribution in [0.4, 0.5) is 0 Å². The fraction of sp³-hybridized carbons (Fsp3) is 0. The number of rotatable bonds is 4. The highest BCUT2D eigenvalue weighted by molar-refractivity contribution is 6.11. The van der Waals surface area contributed by atoms with Crippen LogP contribution in [-0.4, -0.2) is 9.97 Å². The van der Waals surface area contributed by atoms with Gasteiger partial charge < -0.3 is 8.83 Å². The molecule has 0 N–H and O–H groups in total. The molecule has 0 bridgehead atoms. The van der Waals surface area contributed by atoms with Crippen molar-refractivity contribution in [3.05, 3.63) is 158 Å². The summed E-state index contributed by atoms with van der Waals surface area (Å²) in [4.78, 5) is 9.92. The fourth-order valence-corrected chi connectivity index (χ4v) is 7.14. The molecule has 0 aliphatic heterocycles. The summed E-state index contributed by atoms with van der Waals surface area (Å²) in [5.41, 5.74) is 11.6. The smallest absolute Gasteiger partial charge is 0.144 e. The maximum Gasteiger partial charge on any atom is 0.144 e. The quantitative estimate of drug-likeness (QED) is 0.198. The molecule has 4 nitrogen and oxygen atoms in total. The fourth-order valence-electron chi connectivity index (χ4n) is 7.14. The summed E-state index contributed by atoms with van der Waals surface area (Å²) in [5.74, 6) is 0. The topological polar surface area (TPSA) is 52.1 Å². The molecular weight excluding hydrogens is 588 g/mol. The summed E-state index contributed by atoms with van der Waals surface area (Å²) in [6, 6.07) is 50.2. The third-order valence-corrected chi connectivity index (χ3v) is 9.41. The predicted octanol–water partition coefficient (Wildman–Crippen LogP) is 12.1. The predicted molar refractivity (Wildman–Crippen MR) is 196 cm³/mol. The van der Waals surface area contributed by atoms with Crippen molar-refractivity contribution in [2.45, 2.75) is 0 Å². The molecule has 224 valence electrons. The second-order valence-electron chi connectivity index (χ2n) is 12.1. The molecule has 4 heteroatoms. The van der Waals surface area contributed by atoms with Gasteiger partial charge in [0.15, 0.2) is 0 Å². The zero-order valence-electron chi connectivity index (χ0n) is 25.7. The summed E-state index contributed by atoms with van der Waals surface area (Å²) < 4.78 is 12.6. The van der Waals surface area contributed by atoms with Crippen LogP contribution in [0.5, 0.6) is 0 Å². The molecule has 0 atom stereocenters. The SMILES string of the molecule is c1cc(-c2ccc(-c3cccc4c3oc3ccccc34)nc2)c2c(-c3ccc(-c4cccc5c4oc4ccccc45)nc3)cccc2c1. The van der Waals surface area contributed by atoms with Crippen molar-refractivity contribution in [3.8, 4) is 44.8 Å². The molecule has 0 unspecified atom stereocenters. The van der Waals surface area contributed by atoms with Crippen LogP contribution in [-0.2, 0) is 0 Å². The third-order valence-electron chi connectivity index (χ3n) is 9.41. The lowest BCUT2D eigenvalue weighted by Gasteiger charge is -2.13. The van der Waals surface area contributed by atoms with Gasteiger partial charge in [-0.25, -0.2) is 0 Å². The van der Waals surface area contributed by atoms with Crippen molar-refractivity contribution in [1.82, 2.24) is 9.97 Å². The van der Waals surface area contributed by atoms with E-state index >= 15 is 0 Å². The molecule has 4 heterocycles. The molecular formula is C44H26N2O2. The van der Waals surface area contributed by atoms with Gasteiger partial charge in [-0.05, 0) is 58.3 Å². The Kier molecular flexibility index (Phi) is 5.84. The summed E-state index contributed by atoms with van der Waals surface area (Å²) in [7, 11) is 0. The average molecular weight is 615 g/mol. The van der Waals surface area contributed by atoms with Crippen LogP contribution in [0.3, 0.4) is 0 Å². The maximum atomic E-state index is 6.30. The lowest BCUT2D eigenvalue weighted by atomic mass is 9.92. The molecule has 10 rings (SSSR count). The zero-order chi connectivity index (χ0) is 31.6. The Morgan fingerprint density at radius 1 is 0.354 bits per heavy atom. The Morgan fingerprint density at radius 3 is 1.27 bits per heavy atom. The van der Waals surface area contributed by atoms with Crippen LogP contribution in [0.1, 0.15) is 0 Å². The normalized spacial score (nSPS) is 11.8. The van der Waals surface area contributed by atoms with Crippen LogP contribution < -0.4 is 0 Å². The maximum absolute atomic E-state index is 6.30. The Hall–Kier alpha value is -6.52. The lowest BCUT2D eigenvalue weighted by molar-refractivity contribution is 0.669. The lowest BCUT2D eigenvalue weighted by Crippen LogP contribution is -1.90. The van der Waals surface area contributed by atoms with E-state index in [0.717, 1.165) is 94.0 Å². The highest BCUT2D eigenvalue weighted by atomic mass is 16.3. The molecule has 0 saturated heterocycles. The van der Waals surface area contributed by atoms with Gasteiger partial charge in [-0.3, -0.25) is 9.97 Å². The zero-order valence-corrected chi connectivity index (χ0v) is 25.7. The summed E-state index contributed by atoms with van der Waals surface area (Å²) in [6.07, 6.45) is 3.94. The van der Waals surface area contributed by atoms with Crippen LogP contribution >= 0.6 is 0 Å². The number of aromatic nitrogens is 2. The molecule has 0 amide bonds. The van der Waals surface area contributed by atoms with Crippen molar-refractivity contribution in [2.24, 2.45) is 0 Å². The Morgan fingerprint density at radius 2 is 0.792 bits per heavy atom. The van der Waals surface area contributed by atoms with Crippen LogP contribution in [0.2, 0.25) is 0 Å². The van der Waals surface area contributed by atoms with Crippen molar-refractivity contribution in [3.63, 3.8) is 0 Å². The minimum absolute atomic E-state index is 0.860. The molecule has 0 radical (unpaired) electrons. The number of para-hydroxylation sites is 4. The van der Waals surface area contributed by atoms with Gasteiger partial charge in [-0.15, -0.1) is 0 Å². The van der Waals surface area contributed by atoms with E-state index in [9.17, 15) is 0 Å². The largest absolute Gasteiger partial charge is 0.455 e. The minimum Gasteiger partial charge on any atom is -0.455 e. The number of hydrogen-bond acceptors (Lipinski definition) is 4. The first-order valence-corrected chi connectivity index (χ1v) is 16.1. The second-order valence-corrected chi connectivity index (χ2v) is 12.1. The van der Waals surface area contributed by atoms with Crippen LogP contribution in [0.25, 0.3) is 99.4 Å². The van der Waals surface area contributed by atoms with Crippen LogP contribution in [0.15, 0.2) is 167 Å². The monoisotopic (exact) mass is 614 g/mol. The van der Waals surface area contributed by atoms with E-state index in [4.69, 9.17) is 18.8 Å². The number of hydrogen-bond donors (Lipinski definition) is 0. The van der Waals surface area contributed by atoms with E-state index in [0.29, 0.717) is 0 Å². The molecule has 0 fully saturated rings. The van der Waals surface area contributed by atoms with Crippen molar-refractivity contribution in [1.29, 1.82) is 0 Å². The molecule has 48 heavy (non-hydrogen) atoms. The van der Waals surface area contributed by atoms with Gasteiger partial charge in [-0.1, -0.05) is 109 Å². The van der Waals surface area contributed by atoms with E-state index in [1.807, 2.05) is 48.8 Å². The van der Waals surface area contributed by atoms with E-state index < -0.39 is 0 Å². The second kappa shape index (κ2) is 10.5. The van der Waals surface area contributed by atoms with Crippen molar-refractivity contribution < 1.29 is 8.83 Å². The highest BCUT2D eigenvalue weighted by Crippen LogP contribution is 2.40. The first kappa shape index (κ1) is 26.7. The first-order chi connectivity index (χ1) is 23.8. The Balaban J connectivity index is 1.05. The number of benzene rings is 6. The third kappa shape index (κ3) is 4.10. The minimum atomic E-state index is 0.860. The van der Waals surface area contributed by atoms with Crippen molar-refractivity contribution in [2.75, 3.05) is 0 Å². The van der Waals surface area contributed by atoms with Gasteiger partial charge in [-0.2, -0.15) is 0 Å². The van der Waals surface area contributed by atoms with Gasteiger partial charge in [0.25, 0.3) is 0 Å². The average Bonchev–Trinajstić information content (AvgIpc) is 3.73. The van der Waals surface area contributed by atoms with Gasteiger partial charge in [0, 0.05) is 56.2 Å². The van der Waals surface area contributed by atoms with Gasteiger partial charge >= 0.3 is 0 Å². The number of furan rings is 2. The van der Waals surface area contributed by atoms with E-state index in [2.05, 4.69) is 109 Å².